The Bertz CT molecular complexity index is 1290. The maximum absolute atomic E-state index is 12.7. The minimum absolute atomic E-state index is 0.0828. The Hall–Kier alpha value is -2.70. The van der Waals surface area contributed by atoms with Gasteiger partial charge in [0.15, 0.2) is 27.0 Å². The van der Waals surface area contributed by atoms with Crippen molar-refractivity contribution in [3.63, 3.8) is 0 Å². The van der Waals surface area contributed by atoms with Gasteiger partial charge in [-0.3, -0.25) is 9.69 Å². The van der Waals surface area contributed by atoms with Gasteiger partial charge in [-0.25, -0.2) is 18.2 Å². The summed E-state index contributed by atoms with van der Waals surface area (Å²) in [6.07, 6.45) is 7.15. The van der Waals surface area contributed by atoms with Crippen molar-refractivity contribution in [1.29, 1.82) is 0 Å². The number of aromatic nitrogens is 1. The minimum atomic E-state index is -3.42. The lowest BCUT2D eigenvalue weighted by Gasteiger charge is -2.39. The first-order valence-electron chi connectivity index (χ1n) is 13.1. The Morgan fingerprint density at radius 2 is 1.92 bits per heavy atom. The van der Waals surface area contributed by atoms with Crippen LogP contribution in [0.15, 0.2) is 28.6 Å². The number of ether oxygens (including phenoxy) is 2. The van der Waals surface area contributed by atoms with E-state index in [-0.39, 0.29) is 9.09 Å². The fourth-order valence-electron chi connectivity index (χ4n) is 5.55. The van der Waals surface area contributed by atoms with E-state index < -0.39 is 27.3 Å². The van der Waals surface area contributed by atoms with Crippen LogP contribution in [0.5, 0.6) is 5.75 Å². The van der Waals surface area contributed by atoms with E-state index in [1.807, 2.05) is 12.3 Å². The van der Waals surface area contributed by atoms with Crippen LogP contribution in [-0.2, 0) is 25.8 Å². The molecular weight excluding hydrogens is 528 g/mol. The molecule has 12 heteroatoms. The molecule has 1 amide bonds. The number of primary amides is 1. The van der Waals surface area contributed by atoms with Crippen LogP contribution in [0.4, 0.5) is 5.82 Å². The Morgan fingerprint density at radius 3 is 2.58 bits per heavy atom. The van der Waals surface area contributed by atoms with Gasteiger partial charge in [0.25, 0.3) is 5.91 Å². The zero-order valence-corrected chi connectivity index (χ0v) is 23.2. The van der Waals surface area contributed by atoms with Gasteiger partial charge in [0.2, 0.25) is 0 Å². The smallest absolute Gasteiger partial charge is 0.349 e. The summed E-state index contributed by atoms with van der Waals surface area (Å²) in [5, 5.41) is 0. The third kappa shape index (κ3) is 5.67. The second-order valence-corrected chi connectivity index (χ2v) is 13.7. The quantitative estimate of drug-likeness (QED) is 0.481. The highest BCUT2D eigenvalue weighted by Crippen LogP contribution is 2.38. The molecule has 2 aromatic rings. The van der Waals surface area contributed by atoms with E-state index in [0.717, 1.165) is 94.2 Å². The average Bonchev–Trinajstić information content (AvgIpc) is 3.59. The number of pyridine rings is 1. The van der Waals surface area contributed by atoms with E-state index in [9.17, 15) is 18.0 Å². The second kappa shape index (κ2) is 10.8. The zero-order chi connectivity index (χ0) is 26.9. The average molecular weight is 563 g/mol. The minimum Gasteiger partial charge on any atom is -0.489 e. The van der Waals surface area contributed by atoms with Crippen molar-refractivity contribution in [2.45, 2.75) is 48.3 Å². The van der Waals surface area contributed by atoms with Crippen LogP contribution in [0.1, 0.15) is 47.3 Å². The number of esters is 1. The second-order valence-electron chi connectivity index (χ2n) is 10.4. The number of fused-ring (bicyclic) bond motifs is 1. The van der Waals surface area contributed by atoms with Gasteiger partial charge in [-0.15, -0.1) is 11.3 Å². The molecule has 1 saturated heterocycles. The molecule has 0 bridgehead atoms. The monoisotopic (exact) mass is 562 g/mol. The Balaban J connectivity index is 1.10. The molecule has 2 N–H and O–H groups in total. The van der Waals surface area contributed by atoms with Gasteiger partial charge in [-0.1, -0.05) is 0 Å². The molecule has 0 radical (unpaired) electrons. The van der Waals surface area contributed by atoms with Crippen LogP contribution in [0, 0.1) is 5.92 Å². The van der Waals surface area contributed by atoms with Crippen molar-refractivity contribution in [2.75, 3.05) is 50.5 Å². The number of nitrogens with zero attached hydrogens (tertiary/aromatic N) is 3. The summed E-state index contributed by atoms with van der Waals surface area (Å²) in [7, 11) is -3.42. The third-order valence-corrected chi connectivity index (χ3v) is 10.8. The Morgan fingerprint density at radius 1 is 1.18 bits per heavy atom. The van der Waals surface area contributed by atoms with E-state index in [1.54, 1.807) is 0 Å². The number of anilines is 1. The Labute approximate surface area is 227 Å². The maximum atomic E-state index is 12.7. The van der Waals surface area contributed by atoms with E-state index in [4.69, 9.17) is 15.2 Å². The van der Waals surface area contributed by atoms with E-state index in [0.29, 0.717) is 18.8 Å². The van der Waals surface area contributed by atoms with Crippen LogP contribution >= 0.6 is 11.3 Å². The van der Waals surface area contributed by atoms with E-state index in [1.165, 1.54) is 17.7 Å². The number of hydrogen-bond acceptors (Lipinski definition) is 10. The fraction of sp³-hybridized carbons (Fsp3) is 0.577. The van der Waals surface area contributed by atoms with Crippen molar-refractivity contribution in [3.05, 3.63) is 34.8 Å². The zero-order valence-electron chi connectivity index (χ0n) is 21.6. The Kier molecular flexibility index (Phi) is 7.65. The van der Waals surface area contributed by atoms with Gasteiger partial charge in [0, 0.05) is 50.6 Å². The largest absolute Gasteiger partial charge is 0.489 e. The molecule has 1 aliphatic carbocycles. The molecule has 38 heavy (non-hydrogen) atoms. The van der Waals surface area contributed by atoms with Crippen LogP contribution in [-0.4, -0.2) is 81.4 Å². The molecule has 0 aromatic carbocycles. The molecule has 2 aromatic heterocycles. The molecule has 2 fully saturated rings. The summed E-state index contributed by atoms with van der Waals surface area (Å²) in [5.41, 5.74) is 5.59. The number of carbonyl (C=O) groups excluding carboxylic acids is 2. The van der Waals surface area contributed by atoms with Crippen molar-refractivity contribution >= 4 is 38.9 Å². The lowest BCUT2D eigenvalue weighted by Crippen LogP contribution is -2.50. The lowest BCUT2D eigenvalue weighted by atomic mass is 9.77. The van der Waals surface area contributed by atoms with Crippen LogP contribution in [0.25, 0.3) is 0 Å². The SMILES string of the molecule is CS(=O)(=O)c1ccc(C(=O)OC2(C(N)=O)CCC(CCN3CCN(c4nccc5c4OCC5)CC3)CC2)s1. The number of piperazine rings is 1. The first-order chi connectivity index (χ1) is 18.1. The molecule has 2 aliphatic heterocycles. The lowest BCUT2D eigenvalue weighted by molar-refractivity contribution is -0.141. The van der Waals surface area contributed by atoms with E-state index in [2.05, 4.69) is 14.8 Å². The van der Waals surface area contributed by atoms with Crippen molar-refractivity contribution in [1.82, 2.24) is 9.88 Å². The van der Waals surface area contributed by atoms with Gasteiger partial charge >= 0.3 is 5.97 Å². The van der Waals surface area contributed by atoms with Gasteiger partial charge in [0.1, 0.15) is 9.09 Å². The summed E-state index contributed by atoms with van der Waals surface area (Å²) < 4.78 is 35.0. The molecule has 0 atom stereocenters. The molecule has 10 nitrogen and oxygen atoms in total. The van der Waals surface area contributed by atoms with Gasteiger partial charge in [0.05, 0.1) is 6.61 Å². The number of carbonyl (C=O) groups is 2. The molecular formula is C26H34N4O6S2. The first-order valence-corrected chi connectivity index (χ1v) is 15.8. The van der Waals surface area contributed by atoms with Gasteiger partial charge in [-0.2, -0.15) is 0 Å². The van der Waals surface area contributed by atoms with Gasteiger partial charge in [-0.05, 0) is 62.8 Å². The molecule has 4 heterocycles. The fourth-order valence-corrected chi connectivity index (χ4v) is 7.36. The van der Waals surface area contributed by atoms with Crippen LogP contribution < -0.4 is 15.4 Å². The van der Waals surface area contributed by atoms with Crippen molar-refractivity contribution in [2.24, 2.45) is 11.7 Å². The molecule has 206 valence electrons. The number of nitrogens with two attached hydrogens (primary N) is 1. The summed E-state index contributed by atoms with van der Waals surface area (Å²) in [4.78, 5) is 34.6. The highest BCUT2D eigenvalue weighted by atomic mass is 32.2. The van der Waals surface area contributed by atoms with Crippen molar-refractivity contribution < 1.29 is 27.5 Å². The maximum Gasteiger partial charge on any atom is 0.349 e. The molecule has 0 spiro atoms. The number of rotatable bonds is 8. The highest BCUT2D eigenvalue weighted by molar-refractivity contribution is 7.92. The third-order valence-electron chi connectivity index (χ3n) is 7.91. The predicted octanol–water partition coefficient (Wildman–Crippen LogP) is 2.26. The summed E-state index contributed by atoms with van der Waals surface area (Å²) in [6, 6.07) is 4.83. The summed E-state index contributed by atoms with van der Waals surface area (Å²) >= 11 is 0.841. The number of hydrogen-bond donors (Lipinski definition) is 1. The van der Waals surface area contributed by atoms with E-state index >= 15 is 0 Å². The molecule has 1 saturated carbocycles. The first kappa shape index (κ1) is 26.9. The molecule has 3 aliphatic rings. The van der Waals surface area contributed by atoms with Crippen LogP contribution in [0.3, 0.4) is 0 Å². The molecule has 5 rings (SSSR count). The molecule has 0 unspecified atom stereocenters. The highest BCUT2D eigenvalue weighted by Gasteiger charge is 2.44. The summed E-state index contributed by atoms with van der Waals surface area (Å²) in [5.74, 6) is 0.968. The standard InChI is InChI=1S/C26H34N4O6S2/c1-38(33,34)21-3-2-20(37-21)24(31)36-26(25(27)32)9-4-18(5-10-26)7-12-29-13-15-30(16-14-29)23-22-19(6-11-28-23)8-17-35-22/h2-3,6,11,18H,4-5,7-10,12-17H2,1H3,(H2,27,32). The summed E-state index contributed by atoms with van der Waals surface area (Å²) in [6.45, 7) is 5.42. The number of amides is 1. The predicted molar refractivity (Wildman–Crippen MR) is 143 cm³/mol. The number of sulfone groups is 1. The number of thiophene rings is 1. The van der Waals surface area contributed by atoms with Crippen molar-refractivity contribution in [3.8, 4) is 5.75 Å². The normalized spacial score (nSPS) is 24.0. The van der Waals surface area contributed by atoms with Gasteiger partial charge < -0.3 is 20.1 Å². The topological polar surface area (TPSA) is 132 Å². The van der Waals surface area contributed by atoms with Crippen LogP contribution in [0.2, 0.25) is 0 Å².